The summed E-state index contributed by atoms with van der Waals surface area (Å²) in [6.07, 6.45) is 5.43. The van der Waals surface area contributed by atoms with E-state index in [9.17, 15) is 4.79 Å². The van der Waals surface area contributed by atoms with E-state index in [1.165, 1.54) is 0 Å². The summed E-state index contributed by atoms with van der Waals surface area (Å²) in [5.41, 5.74) is 0.925. The van der Waals surface area contributed by atoms with E-state index in [2.05, 4.69) is 0 Å². The SMILES string of the molecule is CCOc1ccc(C2(C=O)CCCC2)cc1. The number of carbonyl (C=O) groups is 1. The number of hydrogen-bond acceptors (Lipinski definition) is 2. The Bertz CT molecular complexity index is 348. The van der Waals surface area contributed by atoms with E-state index in [1.807, 2.05) is 31.2 Å². The van der Waals surface area contributed by atoms with Crippen molar-refractivity contribution < 1.29 is 9.53 Å². The minimum absolute atomic E-state index is 0.218. The van der Waals surface area contributed by atoms with Crippen molar-refractivity contribution in [3.63, 3.8) is 0 Å². The number of hydrogen-bond donors (Lipinski definition) is 0. The minimum atomic E-state index is -0.218. The van der Waals surface area contributed by atoms with Crippen LogP contribution in [0.25, 0.3) is 0 Å². The van der Waals surface area contributed by atoms with Crippen molar-refractivity contribution in [1.82, 2.24) is 0 Å². The summed E-state index contributed by atoms with van der Waals surface area (Å²) in [6.45, 7) is 2.65. The van der Waals surface area contributed by atoms with Gasteiger partial charge in [-0.2, -0.15) is 0 Å². The summed E-state index contributed by atoms with van der Waals surface area (Å²) in [5, 5.41) is 0. The van der Waals surface area contributed by atoms with E-state index < -0.39 is 0 Å². The van der Waals surface area contributed by atoms with Crippen LogP contribution in [0.5, 0.6) is 5.75 Å². The molecule has 0 atom stereocenters. The van der Waals surface area contributed by atoms with Crippen molar-refractivity contribution >= 4 is 6.29 Å². The van der Waals surface area contributed by atoms with Crippen LogP contribution in [0.3, 0.4) is 0 Å². The molecule has 0 spiro atoms. The molecule has 2 nitrogen and oxygen atoms in total. The van der Waals surface area contributed by atoms with Crippen molar-refractivity contribution in [3.8, 4) is 5.75 Å². The highest BCUT2D eigenvalue weighted by atomic mass is 16.5. The number of carbonyl (C=O) groups excluding carboxylic acids is 1. The molecule has 86 valence electrons. The molecule has 0 N–H and O–H groups in total. The first-order valence-electron chi connectivity index (χ1n) is 6.00. The fourth-order valence-corrected chi connectivity index (χ4v) is 2.53. The Kier molecular flexibility index (Phi) is 3.28. The van der Waals surface area contributed by atoms with Crippen molar-refractivity contribution in [3.05, 3.63) is 29.8 Å². The highest BCUT2D eigenvalue weighted by Gasteiger charge is 2.35. The van der Waals surface area contributed by atoms with Crippen LogP contribution < -0.4 is 4.74 Å². The molecule has 2 heteroatoms. The zero-order valence-electron chi connectivity index (χ0n) is 9.74. The molecule has 0 heterocycles. The molecule has 0 amide bonds. The first-order valence-corrected chi connectivity index (χ1v) is 6.00. The Morgan fingerprint density at radius 1 is 1.25 bits per heavy atom. The molecule has 0 unspecified atom stereocenters. The van der Waals surface area contributed by atoms with Gasteiger partial charge in [0, 0.05) is 0 Å². The molecule has 1 aromatic rings. The average molecular weight is 218 g/mol. The lowest BCUT2D eigenvalue weighted by molar-refractivity contribution is -0.112. The van der Waals surface area contributed by atoms with Crippen LogP contribution in [-0.2, 0) is 10.2 Å². The van der Waals surface area contributed by atoms with Gasteiger partial charge in [0.25, 0.3) is 0 Å². The summed E-state index contributed by atoms with van der Waals surface area (Å²) in [4.78, 5) is 11.3. The van der Waals surface area contributed by atoms with Crippen LogP contribution in [0, 0.1) is 0 Å². The molecular formula is C14H18O2. The third-order valence-corrected chi connectivity index (χ3v) is 3.46. The second-order valence-corrected chi connectivity index (χ2v) is 4.44. The first-order chi connectivity index (χ1) is 7.80. The van der Waals surface area contributed by atoms with Gasteiger partial charge in [-0.05, 0) is 37.5 Å². The zero-order chi connectivity index (χ0) is 11.4. The van der Waals surface area contributed by atoms with Gasteiger partial charge in [-0.15, -0.1) is 0 Å². The van der Waals surface area contributed by atoms with E-state index in [0.717, 1.165) is 43.3 Å². The van der Waals surface area contributed by atoms with E-state index in [4.69, 9.17) is 4.74 Å². The highest BCUT2D eigenvalue weighted by molar-refractivity contribution is 5.69. The summed E-state index contributed by atoms with van der Waals surface area (Å²) in [5.74, 6) is 0.880. The van der Waals surface area contributed by atoms with E-state index in [1.54, 1.807) is 0 Å². The molecule has 1 fully saturated rings. The quantitative estimate of drug-likeness (QED) is 0.726. The van der Waals surface area contributed by atoms with Crippen LogP contribution in [-0.4, -0.2) is 12.9 Å². The predicted octanol–water partition coefficient (Wildman–Crippen LogP) is 3.10. The lowest BCUT2D eigenvalue weighted by Crippen LogP contribution is -2.23. The van der Waals surface area contributed by atoms with Gasteiger partial charge in [-0.3, -0.25) is 0 Å². The Labute approximate surface area is 96.6 Å². The molecule has 1 saturated carbocycles. The lowest BCUT2D eigenvalue weighted by Gasteiger charge is -2.22. The molecule has 2 rings (SSSR count). The summed E-state index contributed by atoms with van der Waals surface area (Å²) < 4.78 is 5.40. The van der Waals surface area contributed by atoms with Crippen molar-refractivity contribution in [2.24, 2.45) is 0 Å². The zero-order valence-corrected chi connectivity index (χ0v) is 9.74. The molecule has 1 aliphatic rings. The van der Waals surface area contributed by atoms with Crippen LogP contribution in [0.15, 0.2) is 24.3 Å². The van der Waals surface area contributed by atoms with Gasteiger partial charge in [0.1, 0.15) is 12.0 Å². The third-order valence-electron chi connectivity index (χ3n) is 3.46. The minimum Gasteiger partial charge on any atom is -0.494 e. The number of ether oxygens (including phenoxy) is 1. The van der Waals surface area contributed by atoms with E-state index in [-0.39, 0.29) is 5.41 Å². The Hall–Kier alpha value is -1.31. The maximum Gasteiger partial charge on any atom is 0.130 e. The number of benzene rings is 1. The maximum absolute atomic E-state index is 11.3. The average Bonchev–Trinajstić information content (AvgIpc) is 2.80. The first kappa shape index (κ1) is 11.2. The molecular weight excluding hydrogens is 200 g/mol. The monoisotopic (exact) mass is 218 g/mol. The second-order valence-electron chi connectivity index (χ2n) is 4.44. The van der Waals surface area contributed by atoms with Gasteiger partial charge in [0.2, 0.25) is 0 Å². The van der Waals surface area contributed by atoms with Crippen LogP contribution in [0.4, 0.5) is 0 Å². The normalized spacial score (nSPS) is 18.3. The topological polar surface area (TPSA) is 26.3 Å². The van der Waals surface area contributed by atoms with Crippen LogP contribution in [0.1, 0.15) is 38.2 Å². The summed E-state index contributed by atoms with van der Waals surface area (Å²) in [6, 6.07) is 7.99. The molecule has 0 aromatic heterocycles. The smallest absolute Gasteiger partial charge is 0.130 e. The van der Waals surface area contributed by atoms with Crippen molar-refractivity contribution in [2.45, 2.75) is 38.0 Å². The molecule has 0 radical (unpaired) electrons. The van der Waals surface area contributed by atoms with Crippen LogP contribution in [0.2, 0.25) is 0 Å². The number of rotatable bonds is 4. The van der Waals surface area contributed by atoms with Gasteiger partial charge in [-0.25, -0.2) is 0 Å². The van der Waals surface area contributed by atoms with E-state index >= 15 is 0 Å². The molecule has 0 bridgehead atoms. The van der Waals surface area contributed by atoms with E-state index in [0.29, 0.717) is 6.61 Å². The third kappa shape index (κ3) is 1.97. The fourth-order valence-electron chi connectivity index (χ4n) is 2.53. The second kappa shape index (κ2) is 4.69. The van der Waals surface area contributed by atoms with Gasteiger partial charge in [0.05, 0.1) is 12.0 Å². The predicted molar refractivity (Wildman–Crippen MR) is 63.8 cm³/mol. The lowest BCUT2D eigenvalue weighted by atomic mass is 9.80. The molecule has 0 saturated heterocycles. The highest BCUT2D eigenvalue weighted by Crippen LogP contribution is 2.39. The maximum atomic E-state index is 11.3. The number of aldehydes is 1. The molecule has 0 aliphatic heterocycles. The largest absolute Gasteiger partial charge is 0.494 e. The van der Waals surface area contributed by atoms with Gasteiger partial charge in [-0.1, -0.05) is 25.0 Å². The molecule has 1 aliphatic carbocycles. The standard InChI is InChI=1S/C14H18O2/c1-2-16-13-7-5-12(6-8-13)14(11-15)9-3-4-10-14/h5-8,11H,2-4,9-10H2,1H3. The van der Waals surface area contributed by atoms with Crippen molar-refractivity contribution in [2.75, 3.05) is 6.61 Å². The Morgan fingerprint density at radius 2 is 1.88 bits per heavy atom. The van der Waals surface area contributed by atoms with Crippen molar-refractivity contribution in [1.29, 1.82) is 0 Å². The van der Waals surface area contributed by atoms with Gasteiger partial charge < -0.3 is 9.53 Å². The summed E-state index contributed by atoms with van der Waals surface area (Å²) in [7, 11) is 0. The van der Waals surface area contributed by atoms with Gasteiger partial charge in [0.15, 0.2) is 0 Å². The Morgan fingerprint density at radius 3 is 2.38 bits per heavy atom. The summed E-state index contributed by atoms with van der Waals surface area (Å²) >= 11 is 0. The molecule has 16 heavy (non-hydrogen) atoms. The van der Waals surface area contributed by atoms with Gasteiger partial charge >= 0.3 is 0 Å². The molecule has 1 aromatic carbocycles. The Balaban J connectivity index is 2.22. The fraction of sp³-hybridized carbons (Fsp3) is 0.500. The van der Waals surface area contributed by atoms with Crippen LogP contribution >= 0.6 is 0 Å².